The van der Waals surface area contributed by atoms with E-state index in [2.05, 4.69) is 5.32 Å². The quantitative estimate of drug-likeness (QED) is 0.343. The third-order valence-electron chi connectivity index (χ3n) is 5.02. The van der Waals surface area contributed by atoms with Gasteiger partial charge in [0.05, 0.1) is 29.7 Å². The Hall–Kier alpha value is -2.41. The largest absolute Gasteiger partial charge is 0.398 e. The summed E-state index contributed by atoms with van der Waals surface area (Å²) in [4.78, 5) is 26.1. The lowest BCUT2D eigenvalue weighted by Crippen LogP contribution is -2.55. The third kappa shape index (κ3) is 5.39. The maximum Gasteiger partial charge on any atom is 0.335 e. The third-order valence-corrected chi connectivity index (χ3v) is 5.76. The molecule has 1 unspecified atom stereocenters. The summed E-state index contributed by atoms with van der Waals surface area (Å²) in [6, 6.07) is 7.97. The number of nitrogen functional groups attached to an aromatic ring is 1. The van der Waals surface area contributed by atoms with E-state index in [0.717, 1.165) is 5.56 Å². The number of hydrogen-bond acceptors (Lipinski definition) is 3. The second-order valence-corrected chi connectivity index (χ2v) is 8.64. The number of nitrogens with one attached hydrogen (secondary N) is 1. The summed E-state index contributed by atoms with van der Waals surface area (Å²) >= 11 is 12.1. The highest BCUT2D eigenvalue weighted by Crippen LogP contribution is 2.24. The Kier molecular flexibility index (Phi) is 7.64. The Morgan fingerprint density at radius 2 is 1.87 bits per heavy atom. The van der Waals surface area contributed by atoms with Crippen molar-refractivity contribution in [1.82, 2.24) is 5.32 Å². The Balaban J connectivity index is 2.21. The number of amides is 2. The van der Waals surface area contributed by atoms with Crippen LogP contribution in [-0.4, -0.2) is 42.6 Å². The molecule has 2 aromatic carbocycles. The molecule has 160 valence electrons. The molecule has 0 spiro atoms. The van der Waals surface area contributed by atoms with Gasteiger partial charge >= 0.3 is 5.91 Å². The van der Waals surface area contributed by atoms with Crippen LogP contribution in [0.25, 0.3) is 0 Å². The van der Waals surface area contributed by atoms with Crippen molar-refractivity contribution in [2.75, 3.05) is 19.8 Å². The molecule has 2 amide bonds. The summed E-state index contributed by atoms with van der Waals surface area (Å²) in [6.07, 6.45) is 1.81. The Bertz CT molecular complexity index is 989. The molecule has 2 aromatic rings. The van der Waals surface area contributed by atoms with Gasteiger partial charge in [0.2, 0.25) is 0 Å². The fraction of sp³-hybridized carbons (Fsp3) is 0.318. The predicted octanol–water partition coefficient (Wildman–Crippen LogP) is 2.37. The average Bonchev–Trinajstić information content (AvgIpc) is 2.68. The van der Waals surface area contributed by atoms with Crippen molar-refractivity contribution in [3.05, 3.63) is 62.6 Å². The highest BCUT2D eigenvalue weighted by molar-refractivity contribution is 6.42. The summed E-state index contributed by atoms with van der Waals surface area (Å²) in [6.45, 7) is 4.06. The van der Waals surface area contributed by atoms with Gasteiger partial charge < -0.3 is 11.1 Å². The minimum absolute atomic E-state index is 0.0410. The Morgan fingerprint density at radius 1 is 1.20 bits per heavy atom. The average molecular weight is 451 g/mol. The van der Waals surface area contributed by atoms with Crippen molar-refractivity contribution in [2.45, 2.75) is 32.9 Å². The highest BCUT2D eigenvalue weighted by atomic mass is 35.5. The van der Waals surface area contributed by atoms with Crippen molar-refractivity contribution >= 4 is 46.9 Å². The number of likely N-dealkylation sites (N-methyl/N-ethyl adjacent to an activating group) is 1. The Labute approximate surface area is 187 Å². The molecule has 0 saturated heterocycles. The Morgan fingerprint density at radius 3 is 2.43 bits per heavy atom. The maximum absolute atomic E-state index is 13.2. The second kappa shape index (κ2) is 9.60. The number of rotatable bonds is 7. The molecule has 1 atom stereocenters. The fourth-order valence-electron chi connectivity index (χ4n) is 3.30. The number of nitrogens with zero attached hydrogens (tertiary/aromatic N) is 1. The first-order valence-electron chi connectivity index (χ1n) is 9.57. The van der Waals surface area contributed by atoms with Crippen LogP contribution in [0.1, 0.15) is 40.4 Å². The molecule has 0 aliphatic heterocycles. The van der Waals surface area contributed by atoms with Gasteiger partial charge in [-0.1, -0.05) is 36.2 Å². The molecule has 0 radical (unpaired) electrons. The standard InChI is InChI=1S/C22H26Cl2N4O2/c1-5-20(27-21(29)16-10-15(11-25)19(26)8-13(16)2)22(30)28(3,4)12-14-6-7-17(23)18(24)9-14/h6-11,20H,5,12H2,1-4H3,(H3-,25,26,27,29)/p+2. The van der Waals surface area contributed by atoms with Gasteiger partial charge in [-0.2, -0.15) is 0 Å². The van der Waals surface area contributed by atoms with Gasteiger partial charge in [0.25, 0.3) is 5.91 Å². The fourth-order valence-corrected chi connectivity index (χ4v) is 3.63. The van der Waals surface area contributed by atoms with E-state index in [1.165, 1.54) is 6.21 Å². The van der Waals surface area contributed by atoms with Crippen molar-refractivity contribution in [1.29, 1.82) is 0 Å². The van der Waals surface area contributed by atoms with E-state index in [-0.39, 0.29) is 16.3 Å². The molecule has 5 N–H and O–H groups in total. The normalized spacial score (nSPS) is 12.3. The van der Waals surface area contributed by atoms with Gasteiger partial charge in [0, 0.05) is 16.8 Å². The van der Waals surface area contributed by atoms with Crippen LogP contribution in [0.15, 0.2) is 30.3 Å². The number of quaternary nitrogens is 1. The van der Waals surface area contributed by atoms with Gasteiger partial charge in [0.15, 0.2) is 6.21 Å². The van der Waals surface area contributed by atoms with Crippen LogP contribution in [0.2, 0.25) is 10.0 Å². The van der Waals surface area contributed by atoms with Gasteiger partial charge in [0.1, 0.15) is 12.6 Å². The van der Waals surface area contributed by atoms with E-state index in [1.54, 1.807) is 45.3 Å². The lowest BCUT2D eigenvalue weighted by molar-refractivity contribution is -0.828. The van der Waals surface area contributed by atoms with Gasteiger partial charge in [-0.05, 0) is 43.2 Å². The number of benzene rings is 2. The first-order chi connectivity index (χ1) is 14.0. The minimum atomic E-state index is -0.655. The SMILES string of the molecule is CCC(NC(=O)c1cc(C=[NH2+])c(N)cc1C)C(=O)[N+](C)(C)Cc1ccc(Cl)c(Cl)c1. The number of hydrogen-bond donors (Lipinski definition) is 3. The van der Waals surface area contributed by atoms with E-state index in [9.17, 15) is 9.59 Å². The van der Waals surface area contributed by atoms with Crippen molar-refractivity contribution in [3.8, 4) is 0 Å². The molecule has 0 fully saturated rings. The summed E-state index contributed by atoms with van der Waals surface area (Å²) in [5, 5.41) is 9.34. The van der Waals surface area contributed by atoms with Gasteiger partial charge in [-0.15, -0.1) is 0 Å². The van der Waals surface area contributed by atoms with Crippen LogP contribution < -0.4 is 16.5 Å². The van der Waals surface area contributed by atoms with Crippen molar-refractivity contribution in [3.63, 3.8) is 0 Å². The van der Waals surface area contributed by atoms with E-state index >= 15 is 0 Å². The number of aryl methyl sites for hydroxylation is 1. The molecule has 0 aromatic heterocycles. The molecule has 0 saturated carbocycles. The molecule has 0 aliphatic rings. The first kappa shape index (κ1) is 23.9. The summed E-state index contributed by atoms with van der Waals surface area (Å²) in [7, 11) is 3.60. The highest BCUT2D eigenvalue weighted by Gasteiger charge is 2.35. The zero-order chi connectivity index (χ0) is 22.6. The number of anilines is 1. The molecule has 0 aliphatic carbocycles. The summed E-state index contributed by atoms with van der Waals surface area (Å²) < 4.78 is 0.0410. The lowest BCUT2D eigenvalue weighted by Gasteiger charge is -2.31. The zero-order valence-corrected chi connectivity index (χ0v) is 19.1. The molecule has 0 bridgehead atoms. The molecule has 2 rings (SSSR count). The molecule has 8 heteroatoms. The molecule has 6 nitrogen and oxygen atoms in total. The van der Waals surface area contributed by atoms with E-state index in [0.29, 0.717) is 45.4 Å². The van der Waals surface area contributed by atoms with Crippen LogP contribution in [-0.2, 0) is 11.3 Å². The van der Waals surface area contributed by atoms with E-state index < -0.39 is 6.04 Å². The van der Waals surface area contributed by atoms with Crippen molar-refractivity contribution < 1.29 is 19.5 Å². The molecular formula is C22H28Cl2N4O2+2. The van der Waals surface area contributed by atoms with Crippen LogP contribution in [0.5, 0.6) is 0 Å². The van der Waals surface area contributed by atoms with Gasteiger partial charge in [-0.25, -0.2) is 4.79 Å². The maximum atomic E-state index is 13.2. The number of carbonyl (C=O) groups is 2. The van der Waals surface area contributed by atoms with Crippen LogP contribution in [0.4, 0.5) is 5.69 Å². The minimum Gasteiger partial charge on any atom is -0.398 e. The van der Waals surface area contributed by atoms with Gasteiger partial charge in [-0.3, -0.25) is 14.7 Å². The van der Waals surface area contributed by atoms with Crippen LogP contribution in [0.3, 0.4) is 0 Å². The predicted molar refractivity (Wildman–Crippen MR) is 122 cm³/mol. The number of nitrogens with two attached hydrogens (primary N) is 2. The lowest BCUT2D eigenvalue weighted by atomic mass is 10.0. The summed E-state index contributed by atoms with van der Waals surface area (Å²) in [5.74, 6) is -0.457. The van der Waals surface area contributed by atoms with E-state index in [4.69, 9.17) is 34.3 Å². The smallest absolute Gasteiger partial charge is 0.335 e. The zero-order valence-electron chi connectivity index (χ0n) is 17.6. The topological polar surface area (TPSA) is 97.8 Å². The van der Waals surface area contributed by atoms with E-state index in [1.807, 2.05) is 13.0 Å². The van der Waals surface area contributed by atoms with Crippen molar-refractivity contribution in [2.24, 2.45) is 0 Å². The molecular weight excluding hydrogens is 423 g/mol. The number of halogens is 2. The molecule has 30 heavy (non-hydrogen) atoms. The van der Waals surface area contributed by atoms with Crippen LogP contribution in [0, 0.1) is 6.92 Å². The number of carbonyl (C=O) groups excluding carboxylic acids is 2. The second-order valence-electron chi connectivity index (χ2n) is 7.83. The summed E-state index contributed by atoms with van der Waals surface area (Å²) in [5.41, 5.74) is 8.99. The molecule has 0 heterocycles. The van der Waals surface area contributed by atoms with Crippen LogP contribution >= 0.6 is 23.2 Å². The monoisotopic (exact) mass is 450 g/mol. The first-order valence-corrected chi connectivity index (χ1v) is 10.3.